The Balaban J connectivity index is 1.85. The van der Waals surface area contributed by atoms with Gasteiger partial charge in [-0.1, -0.05) is 17.7 Å². The van der Waals surface area contributed by atoms with Gasteiger partial charge in [0.1, 0.15) is 0 Å². The second-order valence-corrected chi connectivity index (χ2v) is 5.71. The molecule has 0 unspecified atom stereocenters. The Hall–Kier alpha value is -3.07. The van der Waals surface area contributed by atoms with Crippen LogP contribution in [0.1, 0.15) is 5.56 Å². The molecule has 2 aromatic rings. The number of nitrogens with one attached hydrogen (secondary N) is 3. The molecule has 0 spiro atoms. The average Bonchev–Trinajstić information content (AvgIpc) is 2.61. The highest BCUT2D eigenvalue weighted by Crippen LogP contribution is 2.30. The number of anilines is 2. The van der Waals surface area contributed by atoms with E-state index in [4.69, 9.17) is 11.6 Å². The van der Waals surface area contributed by atoms with Crippen molar-refractivity contribution in [2.45, 2.75) is 6.18 Å². The number of halogens is 4. The Morgan fingerprint density at radius 1 is 0.889 bits per heavy atom. The molecule has 0 aliphatic heterocycles. The van der Waals surface area contributed by atoms with Crippen molar-refractivity contribution in [1.29, 1.82) is 0 Å². The molecule has 0 aromatic heterocycles. The minimum Gasteiger partial charge on any atom is -0.339 e. The number of amides is 3. The third kappa shape index (κ3) is 6.30. The fourth-order valence-corrected chi connectivity index (χ4v) is 2.07. The van der Waals surface area contributed by atoms with Crippen molar-refractivity contribution in [3.8, 4) is 0 Å². The quantitative estimate of drug-likeness (QED) is 0.690. The standard InChI is InChI=1S/C17H13ClF3N3O3/c18-11-4-6-12(7-5-11)24-16(27)15(26)22-9-14(25)23-13-3-1-2-10(8-13)17(19,20)21/h1-8H,9H2,(H,22,26)(H,23,25)(H,24,27). The minimum absolute atomic E-state index is 0.0883. The number of hydrogen-bond acceptors (Lipinski definition) is 3. The topological polar surface area (TPSA) is 87.3 Å². The summed E-state index contributed by atoms with van der Waals surface area (Å²) in [5.74, 6) is -2.88. The molecule has 0 bridgehead atoms. The van der Waals surface area contributed by atoms with Crippen LogP contribution in [0.5, 0.6) is 0 Å². The summed E-state index contributed by atoms with van der Waals surface area (Å²) >= 11 is 5.70. The lowest BCUT2D eigenvalue weighted by Crippen LogP contribution is -2.39. The molecule has 27 heavy (non-hydrogen) atoms. The van der Waals surface area contributed by atoms with Crippen LogP contribution in [0.2, 0.25) is 5.02 Å². The van der Waals surface area contributed by atoms with Gasteiger partial charge in [0.15, 0.2) is 0 Å². The third-order valence-corrected chi connectivity index (χ3v) is 3.44. The highest BCUT2D eigenvalue weighted by atomic mass is 35.5. The van der Waals surface area contributed by atoms with Gasteiger partial charge in [-0.15, -0.1) is 0 Å². The van der Waals surface area contributed by atoms with Gasteiger partial charge >= 0.3 is 18.0 Å². The molecule has 3 N–H and O–H groups in total. The lowest BCUT2D eigenvalue weighted by molar-refractivity contribution is -0.137. The van der Waals surface area contributed by atoms with Crippen LogP contribution in [0.15, 0.2) is 48.5 Å². The lowest BCUT2D eigenvalue weighted by Gasteiger charge is -2.10. The van der Waals surface area contributed by atoms with Crippen molar-refractivity contribution in [3.63, 3.8) is 0 Å². The largest absolute Gasteiger partial charge is 0.416 e. The first-order chi connectivity index (χ1) is 12.6. The summed E-state index contributed by atoms with van der Waals surface area (Å²) in [4.78, 5) is 35.1. The molecular formula is C17H13ClF3N3O3. The minimum atomic E-state index is -4.55. The summed E-state index contributed by atoms with van der Waals surface area (Å²) in [6, 6.07) is 10.0. The van der Waals surface area contributed by atoms with Crippen LogP contribution in [0.3, 0.4) is 0 Å². The summed E-state index contributed by atoms with van der Waals surface area (Å²) in [5, 5.41) is 7.02. The van der Waals surface area contributed by atoms with Crippen LogP contribution in [0, 0.1) is 0 Å². The van der Waals surface area contributed by atoms with E-state index in [2.05, 4.69) is 16.0 Å². The van der Waals surface area contributed by atoms with E-state index < -0.39 is 36.0 Å². The fourth-order valence-electron chi connectivity index (χ4n) is 1.94. The molecule has 0 radical (unpaired) electrons. The van der Waals surface area contributed by atoms with Gasteiger partial charge in [-0.3, -0.25) is 14.4 Å². The fraction of sp³-hybridized carbons (Fsp3) is 0.118. The zero-order valence-corrected chi connectivity index (χ0v) is 14.3. The Morgan fingerprint density at radius 3 is 2.19 bits per heavy atom. The first-order valence-corrected chi connectivity index (χ1v) is 7.85. The van der Waals surface area contributed by atoms with Crippen molar-refractivity contribution in [3.05, 3.63) is 59.1 Å². The monoisotopic (exact) mass is 399 g/mol. The molecule has 3 amide bonds. The van der Waals surface area contributed by atoms with Crippen LogP contribution < -0.4 is 16.0 Å². The molecule has 2 aromatic carbocycles. The van der Waals surface area contributed by atoms with Crippen molar-refractivity contribution >= 4 is 40.7 Å². The zero-order valence-electron chi connectivity index (χ0n) is 13.6. The smallest absolute Gasteiger partial charge is 0.339 e. The zero-order chi connectivity index (χ0) is 20.0. The van der Waals surface area contributed by atoms with Gasteiger partial charge in [0.2, 0.25) is 5.91 Å². The van der Waals surface area contributed by atoms with E-state index >= 15 is 0 Å². The molecule has 0 heterocycles. The molecule has 10 heteroatoms. The predicted octanol–water partition coefficient (Wildman–Crippen LogP) is 3.05. The predicted molar refractivity (Wildman–Crippen MR) is 93.2 cm³/mol. The van der Waals surface area contributed by atoms with Gasteiger partial charge in [-0.25, -0.2) is 0 Å². The summed E-state index contributed by atoms with van der Waals surface area (Å²) in [6.45, 7) is -0.594. The first kappa shape index (κ1) is 20.2. The van der Waals surface area contributed by atoms with Crippen molar-refractivity contribution in [2.75, 3.05) is 17.2 Å². The Kier molecular flexibility index (Phi) is 6.40. The van der Waals surface area contributed by atoms with Crippen molar-refractivity contribution in [1.82, 2.24) is 5.32 Å². The highest BCUT2D eigenvalue weighted by Gasteiger charge is 2.30. The highest BCUT2D eigenvalue weighted by molar-refractivity contribution is 6.40. The lowest BCUT2D eigenvalue weighted by atomic mass is 10.2. The molecular weight excluding hydrogens is 387 g/mol. The second-order valence-electron chi connectivity index (χ2n) is 5.27. The van der Waals surface area contributed by atoms with Crippen LogP contribution in [0.25, 0.3) is 0 Å². The van der Waals surface area contributed by atoms with Gasteiger partial charge in [-0.05, 0) is 42.5 Å². The number of carbonyl (C=O) groups is 3. The summed E-state index contributed by atoms with van der Waals surface area (Å²) < 4.78 is 37.9. The maximum Gasteiger partial charge on any atom is 0.416 e. The van der Waals surface area contributed by atoms with Gasteiger partial charge in [0.25, 0.3) is 0 Å². The van der Waals surface area contributed by atoms with E-state index in [1.165, 1.54) is 30.3 Å². The Labute approximate surface area is 156 Å². The van der Waals surface area contributed by atoms with Crippen LogP contribution >= 0.6 is 11.6 Å². The molecule has 0 aliphatic carbocycles. The number of benzene rings is 2. The molecule has 6 nitrogen and oxygen atoms in total. The molecule has 2 rings (SSSR count). The van der Waals surface area contributed by atoms with Gasteiger partial charge in [0.05, 0.1) is 12.1 Å². The van der Waals surface area contributed by atoms with E-state index in [9.17, 15) is 27.6 Å². The normalized spacial score (nSPS) is 10.8. The molecule has 0 saturated heterocycles. The third-order valence-electron chi connectivity index (χ3n) is 3.19. The molecule has 0 aliphatic rings. The SMILES string of the molecule is O=C(CNC(=O)C(=O)Nc1ccc(Cl)cc1)Nc1cccc(C(F)(F)F)c1. The maximum absolute atomic E-state index is 12.6. The summed E-state index contributed by atoms with van der Waals surface area (Å²) in [5.41, 5.74) is -0.686. The second kappa shape index (κ2) is 8.54. The molecule has 0 atom stereocenters. The Bertz CT molecular complexity index is 854. The van der Waals surface area contributed by atoms with Crippen molar-refractivity contribution in [2.24, 2.45) is 0 Å². The first-order valence-electron chi connectivity index (χ1n) is 7.47. The Morgan fingerprint density at radius 2 is 1.56 bits per heavy atom. The van der Waals surface area contributed by atoms with Crippen molar-refractivity contribution < 1.29 is 27.6 Å². The van der Waals surface area contributed by atoms with E-state index in [0.717, 1.165) is 18.2 Å². The maximum atomic E-state index is 12.6. The number of alkyl halides is 3. The van der Waals surface area contributed by atoms with Gasteiger partial charge in [0, 0.05) is 16.4 Å². The van der Waals surface area contributed by atoms with Gasteiger partial charge in [-0.2, -0.15) is 13.2 Å². The summed E-state index contributed by atoms with van der Waals surface area (Å²) in [6.07, 6.45) is -4.55. The van der Waals surface area contributed by atoms with Gasteiger partial charge < -0.3 is 16.0 Å². The van der Waals surface area contributed by atoms with Crippen LogP contribution in [0.4, 0.5) is 24.5 Å². The summed E-state index contributed by atoms with van der Waals surface area (Å²) in [7, 11) is 0. The number of rotatable bonds is 4. The average molecular weight is 400 g/mol. The number of carbonyl (C=O) groups excluding carboxylic acids is 3. The molecule has 0 fully saturated rings. The van der Waals surface area contributed by atoms with E-state index in [1.807, 2.05) is 0 Å². The number of hydrogen-bond donors (Lipinski definition) is 3. The molecule has 0 saturated carbocycles. The van der Waals surface area contributed by atoms with E-state index in [1.54, 1.807) is 0 Å². The van der Waals surface area contributed by atoms with Crippen LogP contribution in [-0.4, -0.2) is 24.3 Å². The van der Waals surface area contributed by atoms with E-state index in [0.29, 0.717) is 10.7 Å². The van der Waals surface area contributed by atoms with Crippen LogP contribution in [-0.2, 0) is 20.6 Å². The van der Waals surface area contributed by atoms with E-state index in [-0.39, 0.29) is 5.69 Å². The molecule has 142 valence electrons.